The Labute approximate surface area is 140 Å². The number of hydrogen-bond donors (Lipinski definition) is 2. The van der Waals surface area contributed by atoms with E-state index in [0.29, 0.717) is 11.8 Å². The zero-order chi connectivity index (χ0) is 18.0. The van der Waals surface area contributed by atoms with Crippen LogP contribution in [0.3, 0.4) is 0 Å². The van der Waals surface area contributed by atoms with E-state index >= 15 is 0 Å². The van der Waals surface area contributed by atoms with Gasteiger partial charge in [-0.05, 0) is 47.7 Å². The maximum absolute atomic E-state index is 13.8. The first-order valence-corrected chi connectivity index (χ1v) is 7.55. The van der Waals surface area contributed by atoms with Crippen molar-refractivity contribution >= 4 is 22.5 Å². The molecule has 0 spiro atoms. The highest BCUT2D eigenvalue weighted by atomic mass is 19.4. The van der Waals surface area contributed by atoms with Crippen LogP contribution in [0.25, 0.3) is 10.9 Å². The van der Waals surface area contributed by atoms with Crippen LogP contribution >= 0.6 is 0 Å². The molecule has 0 fully saturated rings. The lowest BCUT2D eigenvalue weighted by molar-refractivity contribution is -0.137. The molecule has 0 bridgehead atoms. The summed E-state index contributed by atoms with van der Waals surface area (Å²) < 4.78 is 51.3. The van der Waals surface area contributed by atoms with Gasteiger partial charge in [-0.3, -0.25) is 4.79 Å². The number of carbonyl (C=O) groups excluding carboxylic acids is 1. The van der Waals surface area contributed by atoms with E-state index in [2.05, 4.69) is 10.3 Å². The van der Waals surface area contributed by atoms with Gasteiger partial charge in [0.2, 0.25) is 5.91 Å². The normalized spacial score (nSPS) is 11.7. The number of alkyl halides is 3. The average Bonchev–Trinajstić information content (AvgIpc) is 3.00. The summed E-state index contributed by atoms with van der Waals surface area (Å²) in [6, 6.07) is 9.59. The Hall–Kier alpha value is -2.83. The standard InChI is InChI=1S/C18H14F4N2O/c19-15-9-13(18(20,21)22)4-1-11(15)3-6-17(25)24-14-5-2-12-7-8-23-16(12)10-14/h1-2,4-5,7-10,23H,3,6H2,(H,24,25). The van der Waals surface area contributed by atoms with Gasteiger partial charge in [0.1, 0.15) is 5.82 Å². The van der Waals surface area contributed by atoms with E-state index in [1.807, 2.05) is 12.1 Å². The van der Waals surface area contributed by atoms with Crippen LogP contribution in [-0.4, -0.2) is 10.9 Å². The first-order chi connectivity index (χ1) is 11.8. The molecule has 2 N–H and O–H groups in total. The van der Waals surface area contributed by atoms with Crippen molar-refractivity contribution in [2.75, 3.05) is 5.32 Å². The smallest absolute Gasteiger partial charge is 0.361 e. The summed E-state index contributed by atoms with van der Waals surface area (Å²) in [5, 5.41) is 3.69. The third-order valence-electron chi connectivity index (χ3n) is 3.84. The summed E-state index contributed by atoms with van der Waals surface area (Å²) in [6.07, 6.45) is -2.83. The molecule has 0 aliphatic heterocycles. The van der Waals surface area contributed by atoms with Crippen molar-refractivity contribution < 1.29 is 22.4 Å². The van der Waals surface area contributed by atoms with E-state index in [1.165, 1.54) is 0 Å². The van der Waals surface area contributed by atoms with Gasteiger partial charge in [-0.25, -0.2) is 4.39 Å². The highest BCUT2D eigenvalue weighted by Crippen LogP contribution is 2.30. The average molecular weight is 350 g/mol. The number of benzene rings is 2. The van der Waals surface area contributed by atoms with Crippen LogP contribution in [0.1, 0.15) is 17.5 Å². The maximum atomic E-state index is 13.8. The number of aromatic amines is 1. The number of halogens is 4. The third-order valence-corrected chi connectivity index (χ3v) is 3.84. The van der Waals surface area contributed by atoms with Crippen molar-refractivity contribution in [3.8, 4) is 0 Å². The van der Waals surface area contributed by atoms with Gasteiger partial charge in [0.05, 0.1) is 5.56 Å². The zero-order valence-electron chi connectivity index (χ0n) is 13.0. The van der Waals surface area contributed by atoms with Crippen molar-refractivity contribution in [1.29, 1.82) is 0 Å². The topological polar surface area (TPSA) is 44.9 Å². The van der Waals surface area contributed by atoms with Gasteiger partial charge in [0.25, 0.3) is 0 Å². The molecule has 1 aromatic heterocycles. The van der Waals surface area contributed by atoms with Crippen molar-refractivity contribution in [2.45, 2.75) is 19.0 Å². The number of amides is 1. The molecule has 1 heterocycles. The summed E-state index contributed by atoms with van der Waals surface area (Å²) in [7, 11) is 0. The van der Waals surface area contributed by atoms with Crippen LogP contribution < -0.4 is 5.32 Å². The fourth-order valence-electron chi connectivity index (χ4n) is 2.52. The summed E-state index contributed by atoms with van der Waals surface area (Å²) in [6.45, 7) is 0. The third kappa shape index (κ3) is 3.99. The molecule has 3 rings (SSSR count). The van der Waals surface area contributed by atoms with Crippen LogP contribution in [-0.2, 0) is 17.4 Å². The number of fused-ring (bicyclic) bond motifs is 1. The zero-order valence-corrected chi connectivity index (χ0v) is 13.0. The molecule has 0 saturated heterocycles. The number of nitrogens with one attached hydrogen (secondary N) is 2. The number of anilines is 1. The van der Waals surface area contributed by atoms with Gasteiger partial charge in [-0.1, -0.05) is 12.1 Å². The first kappa shape index (κ1) is 17.0. The van der Waals surface area contributed by atoms with E-state index in [0.717, 1.165) is 23.0 Å². The Balaban J connectivity index is 1.62. The van der Waals surface area contributed by atoms with Crippen LogP contribution in [0.4, 0.5) is 23.2 Å². The molecule has 0 atom stereocenters. The van der Waals surface area contributed by atoms with Gasteiger partial charge in [-0.2, -0.15) is 13.2 Å². The van der Waals surface area contributed by atoms with E-state index in [1.54, 1.807) is 18.3 Å². The van der Waals surface area contributed by atoms with Gasteiger partial charge in [0, 0.05) is 23.8 Å². The minimum absolute atomic E-state index is 0.0144. The number of aromatic nitrogens is 1. The highest BCUT2D eigenvalue weighted by molar-refractivity contribution is 5.93. The van der Waals surface area contributed by atoms with Crippen molar-refractivity contribution in [1.82, 2.24) is 4.98 Å². The second kappa shape index (κ2) is 6.58. The van der Waals surface area contributed by atoms with Gasteiger partial charge in [0.15, 0.2) is 0 Å². The van der Waals surface area contributed by atoms with Gasteiger partial charge >= 0.3 is 6.18 Å². The fourth-order valence-corrected chi connectivity index (χ4v) is 2.52. The second-order valence-electron chi connectivity index (χ2n) is 5.63. The molecule has 0 saturated carbocycles. The van der Waals surface area contributed by atoms with E-state index in [9.17, 15) is 22.4 Å². The molecule has 3 nitrogen and oxygen atoms in total. The molecule has 1 amide bonds. The second-order valence-corrected chi connectivity index (χ2v) is 5.63. The Morgan fingerprint density at radius 2 is 1.88 bits per heavy atom. The molecular formula is C18H14F4N2O. The monoisotopic (exact) mass is 350 g/mol. The molecule has 0 unspecified atom stereocenters. The van der Waals surface area contributed by atoms with Gasteiger partial charge in [-0.15, -0.1) is 0 Å². The molecule has 130 valence electrons. The van der Waals surface area contributed by atoms with Crippen molar-refractivity contribution in [3.63, 3.8) is 0 Å². The lowest BCUT2D eigenvalue weighted by Crippen LogP contribution is -2.13. The number of aryl methyl sites for hydroxylation is 1. The summed E-state index contributed by atoms with van der Waals surface area (Å²) in [4.78, 5) is 15.0. The molecule has 2 aromatic carbocycles. The summed E-state index contributed by atoms with van der Waals surface area (Å²) in [5.41, 5.74) is 0.486. The Morgan fingerprint density at radius 3 is 2.60 bits per heavy atom. The SMILES string of the molecule is O=C(CCc1ccc(C(F)(F)F)cc1F)Nc1ccc2cc[nH]c2c1. The predicted octanol–water partition coefficient (Wildman–Crippen LogP) is 4.90. The molecule has 0 aliphatic carbocycles. The number of hydrogen-bond acceptors (Lipinski definition) is 1. The number of H-pyrrole nitrogens is 1. The molecule has 0 aliphatic rings. The Morgan fingerprint density at radius 1 is 1.08 bits per heavy atom. The molecule has 7 heteroatoms. The molecular weight excluding hydrogens is 336 g/mol. The highest BCUT2D eigenvalue weighted by Gasteiger charge is 2.31. The van der Waals surface area contributed by atoms with Crippen LogP contribution in [0.2, 0.25) is 0 Å². The predicted molar refractivity (Wildman–Crippen MR) is 86.7 cm³/mol. The van der Waals surface area contributed by atoms with E-state index < -0.39 is 17.6 Å². The van der Waals surface area contributed by atoms with Crippen molar-refractivity contribution in [3.05, 3.63) is 65.6 Å². The fraction of sp³-hybridized carbons (Fsp3) is 0.167. The minimum atomic E-state index is -4.59. The van der Waals surface area contributed by atoms with Crippen LogP contribution in [0.15, 0.2) is 48.7 Å². The van der Waals surface area contributed by atoms with Gasteiger partial charge < -0.3 is 10.3 Å². The maximum Gasteiger partial charge on any atom is 0.416 e. The Bertz CT molecular complexity index is 915. The minimum Gasteiger partial charge on any atom is -0.361 e. The number of rotatable bonds is 4. The van der Waals surface area contributed by atoms with Crippen molar-refractivity contribution in [2.24, 2.45) is 0 Å². The van der Waals surface area contributed by atoms with Crippen LogP contribution in [0, 0.1) is 5.82 Å². The number of carbonyl (C=O) groups is 1. The van der Waals surface area contributed by atoms with E-state index in [4.69, 9.17) is 0 Å². The lowest BCUT2D eigenvalue weighted by atomic mass is 10.1. The Kier molecular flexibility index (Phi) is 4.48. The first-order valence-electron chi connectivity index (χ1n) is 7.55. The van der Waals surface area contributed by atoms with E-state index in [-0.39, 0.29) is 24.3 Å². The largest absolute Gasteiger partial charge is 0.416 e. The quantitative estimate of drug-likeness (QED) is 0.646. The van der Waals surface area contributed by atoms with Crippen LogP contribution in [0.5, 0.6) is 0 Å². The molecule has 25 heavy (non-hydrogen) atoms. The lowest BCUT2D eigenvalue weighted by Gasteiger charge is -2.09. The molecule has 0 radical (unpaired) electrons. The molecule has 3 aromatic rings. The summed E-state index contributed by atoms with van der Waals surface area (Å²) >= 11 is 0. The summed E-state index contributed by atoms with van der Waals surface area (Å²) in [5.74, 6) is -1.30.